The van der Waals surface area contributed by atoms with E-state index in [1.807, 2.05) is 19.9 Å². The van der Waals surface area contributed by atoms with Crippen LogP contribution in [0.1, 0.15) is 51.6 Å². The quantitative estimate of drug-likeness (QED) is 0.360. The van der Waals surface area contributed by atoms with E-state index in [1.54, 1.807) is 6.92 Å². The zero-order chi connectivity index (χ0) is 28.3. The van der Waals surface area contributed by atoms with Crippen molar-refractivity contribution in [3.8, 4) is 0 Å². The Balaban J connectivity index is 0.00000195. The van der Waals surface area contributed by atoms with Gasteiger partial charge in [-0.25, -0.2) is 19.3 Å². The Morgan fingerprint density at radius 3 is 2.34 bits per heavy atom. The average molecular weight is 553 g/mol. The molecule has 1 fully saturated rings. The number of benzene rings is 1. The minimum absolute atomic E-state index is 0.0127. The lowest BCUT2D eigenvalue weighted by atomic mass is 9.92. The highest BCUT2D eigenvalue weighted by molar-refractivity contribution is 6.32. The van der Waals surface area contributed by atoms with Gasteiger partial charge in [-0.15, -0.1) is 0 Å². The van der Waals surface area contributed by atoms with E-state index in [1.165, 1.54) is 12.1 Å². The first-order chi connectivity index (χ1) is 17.9. The lowest BCUT2D eigenvalue weighted by Crippen LogP contribution is -2.46. The molecule has 2 aromatic heterocycles. The SMILES string of the molecule is CC.CCN1CCN(c2cc3c(NCc4cccc(C(F)(F)C(C)(C)O)c4F)nc(C)nc3nc2Cl)CC1. The summed E-state index contributed by atoms with van der Waals surface area (Å²) in [5.74, 6) is -4.03. The third kappa shape index (κ3) is 6.13. The number of anilines is 2. The molecule has 1 saturated heterocycles. The molecule has 1 aliphatic rings. The lowest BCUT2D eigenvalue weighted by molar-refractivity contribution is -0.170. The smallest absolute Gasteiger partial charge is 0.303 e. The first kappa shape index (κ1) is 29.9. The Hall–Kier alpha value is -2.69. The minimum atomic E-state index is -3.78. The summed E-state index contributed by atoms with van der Waals surface area (Å²) in [6, 6.07) is 5.60. The summed E-state index contributed by atoms with van der Waals surface area (Å²) < 4.78 is 44.5. The molecule has 3 heterocycles. The molecule has 0 spiro atoms. The summed E-state index contributed by atoms with van der Waals surface area (Å²) in [4.78, 5) is 17.8. The molecule has 0 aliphatic carbocycles. The summed E-state index contributed by atoms with van der Waals surface area (Å²) in [5, 5.41) is 13.9. The summed E-state index contributed by atoms with van der Waals surface area (Å²) in [6.07, 6.45) is 0. The Labute approximate surface area is 227 Å². The Morgan fingerprint density at radius 1 is 1.08 bits per heavy atom. The number of nitrogens with zero attached hydrogens (tertiary/aromatic N) is 5. The molecule has 7 nitrogen and oxygen atoms in total. The van der Waals surface area contributed by atoms with E-state index in [2.05, 4.69) is 37.0 Å². The van der Waals surface area contributed by atoms with Crippen LogP contribution in [-0.4, -0.2) is 63.3 Å². The van der Waals surface area contributed by atoms with Crippen LogP contribution in [0.25, 0.3) is 11.0 Å². The van der Waals surface area contributed by atoms with Crippen LogP contribution < -0.4 is 10.2 Å². The van der Waals surface area contributed by atoms with Gasteiger partial charge in [0.25, 0.3) is 0 Å². The number of piperazine rings is 1. The number of fused-ring (bicyclic) bond motifs is 1. The zero-order valence-electron chi connectivity index (χ0n) is 22.7. The van der Waals surface area contributed by atoms with Crippen molar-refractivity contribution < 1.29 is 18.3 Å². The highest BCUT2D eigenvalue weighted by Gasteiger charge is 2.49. The second-order valence-electron chi connectivity index (χ2n) is 9.48. The van der Waals surface area contributed by atoms with Crippen molar-refractivity contribution >= 4 is 34.1 Å². The van der Waals surface area contributed by atoms with Crippen LogP contribution in [0.5, 0.6) is 0 Å². The summed E-state index contributed by atoms with van der Waals surface area (Å²) in [5.41, 5.74) is -2.13. The molecule has 208 valence electrons. The van der Waals surface area contributed by atoms with Crippen molar-refractivity contribution in [2.24, 2.45) is 0 Å². The summed E-state index contributed by atoms with van der Waals surface area (Å²) >= 11 is 6.51. The van der Waals surface area contributed by atoms with Gasteiger partial charge in [0.15, 0.2) is 10.8 Å². The third-order valence-corrected chi connectivity index (χ3v) is 6.80. The molecule has 0 amide bonds. The van der Waals surface area contributed by atoms with Gasteiger partial charge >= 0.3 is 5.92 Å². The number of hydrogen-bond donors (Lipinski definition) is 2. The largest absolute Gasteiger partial charge is 0.384 e. The van der Waals surface area contributed by atoms with Crippen molar-refractivity contribution in [2.45, 2.75) is 59.6 Å². The van der Waals surface area contributed by atoms with Gasteiger partial charge < -0.3 is 20.2 Å². The molecule has 0 bridgehead atoms. The fourth-order valence-corrected chi connectivity index (χ4v) is 4.51. The standard InChI is InChI=1S/C25H30ClF3N6O.C2H6/c1-5-34-9-11-35(12-10-34)19-13-17-22(31-15(2)32-23(17)33-21(19)26)30-14-16-7-6-8-18(20(16)27)25(28,29)24(3,4)36;1-2/h6-8,13,36H,5,9-12,14H2,1-4H3,(H,30,31,32,33);1-2H3. The van der Waals surface area contributed by atoms with Crippen LogP contribution in [0, 0.1) is 12.7 Å². The number of aromatic nitrogens is 3. The molecule has 11 heteroatoms. The first-order valence-corrected chi connectivity index (χ1v) is 13.2. The van der Waals surface area contributed by atoms with Crippen LogP contribution in [0.3, 0.4) is 0 Å². The van der Waals surface area contributed by atoms with E-state index >= 15 is 4.39 Å². The van der Waals surface area contributed by atoms with Gasteiger partial charge in [-0.3, -0.25) is 0 Å². The molecule has 0 atom stereocenters. The van der Waals surface area contributed by atoms with Gasteiger partial charge in [0.05, 0.1) is 16.6 Å². The van der Waals surface area contributed by atoms with Gasteiger partial charge in [-0.05, 0) is 39.4 Å². The first-order valence-electron chi connectivity index (χ1n) is 12.9. The van der Waals surface area contributed by atoms with Gasteiger partial charge in [-0.2, -0.15) is 8.78 Å². The molecular formula is C27H36ClF3N6O. The number of pyridine rings is 1. The van der Waals surface area contributed by atoms with Crippen LogP contribution in [-0.2, 0) is 12.5 Å². The summed E-state index contributed by atoms with van der Waals surface area (Å²) in [7, 11) is 0. The van der Waals surface area contributed by atoms with E-state index in [4.69, 9.17) is 11.6 Å². The van der Waals surface area contributed by atoms with Crippen LogP contribution in [0.2, 0.25) is 5.15 Å². The second kappa shape index (κ2) is 12.0. The fraction of sp³-hybridized carbons (Fsp3) is 0.519. The number of nitrogens with one attached hydrogen (secondary N) is 1. The van der Waals surface area contributed by atoms with Crippen LogP contribution >= 0.6 is 11.6 Å². The third-order valence-electron chi connectivity index (χ3n) is 6.53. The number of rotatable bonds is 7. The van der Waals surface area contributed by atoms with Gasteiger partial charge in [0.1, 0.15) is 23.1 Å². The van der Waals surface area contributed by atoms with Crippen molar-refractivity contribution in [1.29, 1.82) is 0 Å². The molecule has 38 heavy (non-hydrogen) atoms. The number of alkyl halides is 2. The normalized spacial score (nSPS) is 14.9. The zero-order valence-corrected chi connectivity index (χ0v) is 23.5. The molecule has 1 aromatic carbocycles. The van der Waals surface area contributed by atoms with Crippen molar-refractivity contribution in [3.63, 3.8) is 0 Å². The summed E-state index contributed by atoms with van der Waals surface area (Å²) in [6.45, 7) is 14.0. The lowest BCUT2D eigenvalue weighted by Gasteiger charge is -2.35. The van der Waals surface area contributed by atoms with Gasteiger partial charge in [-0.1, -0.05) is 44.5 Å². The van der Waals surface area contributed by atoms with Crippen LogP contribution in [0.15, 0.2) is 24.3 Å². The van der Waals surface area contributed by atoms with Gasteiger partial charge in [0, 0.05) is 38.3 Å². The minimum Gasteiger partial charge on any atom is -0.384 e. The number of aliphatic hydroxyl groups is 1. The molecule has 0 radical (unpaired) electrons. The average Bonchev–Trinajstić information content (AvgIpc) is 2.88. The van der Waals surface area contributed by atoms with E-state index in [-0.39, 0.29) is 12.1 Å². The van der Waals surface area contributed by atoms with Crippen molar-refractivity contribution in [2.75, 3.05) is 42.9 Å². The van der Waals surface area contributed by atoms with E-state index in [0.29, 0.717) is 27.8 Å². The molecule has 0 unspecified atom stereocenters. The van der Waals surface area contributed by atoms with Crippen molar-refractivity contribution in [1.82, 2.24) is 19.9 Å². The molecule has 2 N–H and O–H groups in total. The molecule has 1 aliphatic heterocycles. The van der Waals surface area contributed by atoms with E-state index < -0.39 is 22.9 Å². The molecule has 0 saturated carbocycles. The number of likely N-dealkylation sites (N-methyl/N-ethyl adjacent to an activating group) is 1. The maximum atomic E-state index is 15.1. The Morgan fingerprint density at radius 2 is 1.74 bits per heavy atom. The number of hydrogen-bond acceptors (Lipinski definition) is 7. The monoisotopic (exact) mass is 552 g/mol. The molecular weight excluding hydrogens is 517 g/mol. The second-order valence-corrected chi connectivity index (χ2v) is 9.83. The highest BCUT2D eigenvalue weighted by atomic mass is 35.5. The Bertz CT molecular complexity index is 1260. The highest BCUT2D eigenvalue weighted by Crippen LogP contribution is 2.40. The predicted molar refractivity (Wildman–Crippen MR) is 147 cm³/mol. The van der Waals surface area contributed by atoms with Gasteiger partial charge in [0.2, 0.25) is 0 Å². The number of aryl methyl sites for hydroxylation is 1. The fourth-order valence-electron chi connectivity index (χ4n) is 4.26. The maximum Gasteiger partial charge on any atom is 0.303 e. The number of halogens is 4. The molecule has 4 rings (SSSR count). The molecule has 3 aromatic rings. The van der Waals surface area contributed by atoms with E-state index in [9.17, 15) is 13.9 Å². The topological polar surface area (TPSA) is 77.4 Å². The van der Waals surface area contributed by atoms with Crippen molar-refractivity contribution in [3.05, 3.63) is 52.2 Å². The van der Waals surface area contributed by atoms with E-state index in [0.717, 1.165) is 58.3 Å². The Kier molecular flexibility index (Phi) is 9.43. The maximum absolute atomic E-state index is 15.1. The predicted octanol–water partition coefficient (Wildman–Crippen LogP) is 5.77. The van der Waals surface area contributed by atoms with Crippen LogP contribution in [0.4, 0.5) is 24.7 Å².